The second-order valence-electron chi connectivity index (χ2n) is 24.3. The van der Waals surface area contributed by atoms with Gasteiger partial charge in [-0.05, 0) is 174 Å². The first-order chi connectivity index (χ1) is 44.1. The Bertz CT molecular complexity index is 5290. The summed E-state index contributed by atoms with van der Waals surface area (Å²) in [5.74, 6) is 0. The third kappa shape index (κ3) is 6.98. The first-order valence-electron chi connectivity index (χ1n) is 31.0. The number of aromatic amines is 1. The van der Waals surface area contributed by atoms with Gasteiger partial charge in [-0.3, -0.25) is 0 Å². The van der Waals surface area contributed by atoms with Gasteiger partial charge in [0.05, 0.1) is 32.9 Å². The SMILES string of the molecule is c1ccc(C2(c3ccccc3)c3ccccc3-c3ccc(-n4c5ccccc5c5cc(-c6ccc7[nH]c8ccc(-c9ccc%10c(c9)c9ccccc9n%10-c9ccc%10c(c9)C(c9ccccc9)(c9ccccc9)c9ccccc9-%10)cc8c7c6)ccc54)cc32)cc1. The molecule has 414 valence electrons. The van der Waals surface area contributed by atoms with Crippen molar-refractivity contribution < 1.29 is 0 Å². The number of rotatable bonds is 8. The largest absolute Gasteiger partial charge is 0.355 e. The summed E-state index contributed by atoms with van der Waals surface area (Å²) < 4.78 is 4.96. The number of aromatic nitrogens is 3. The third-order valence-corrected chi connectivity index (χ3v) is 20.0. The number of fused-ring (bicyclic) bond motifs is 15. The Morgan fingerprint density at radius 1 is 0.213 bits per heavy atom. The Morgan fingerprint density at radius 2 is 0.528 bits per heavy atom. The molecule has 1 N–H and O–H groups in total. The van der Waals surface area contributed by atoms with E-state index < -0.39 is 10.8 Å². The van der Waals surface area contributed by atoms with Gasteiger partial charge >= 0.3 is 0 Å². The lowest BCUT2D eigenvalue weighted by atomic mass is 9.67. The second-order valence-corrected chi connectivity index (χ2v) is 24.3. The standard InChI is InChI=1S/C86H55N3/c1-5-21-59(22-6-1)85(60-23-7-2-8-24-60)75-33-17-13-29-65(75)67-43-41-63(53-77(67)85)88-81-35-19-15-31-69(81)73-51-57(39-47-83(73)88)55-37-45-79-71(49-55)72-50-56(38-46-80(72)87-79)58-40-48-84-74(52-58)70-32-16-20-36-82(70)89(84)64-42-44-68-66-30-14-18-34-76(66)86(78(68)54-64,61-25-9-3-10-26-61)62-27-11-4-12-28-62/h1-54,87H. The Kier molecular flexibility index (Phi) is 10.6. The van der Waals surface area contributed by atoms with Crippen molar-refractivity contribution in [2.75, 3.05) is 0 Å². The van der Waals surface area contributed by atoms with Crippen molar-refractivity contribution in [1.29, 1.82) is 0 Å². The summed E-state index contributed by atoms with van der Waals surface area (Å²) in [5, 5.41) is 7.34. The van der Waals surface area contributed by atoms with Crippen LogP contribution in [0.2, 0.25) is 0 Å². The van der Waals surface area contributed by atoms with E-state index in [-0.39, 0.29) is 0 Å². The highest BCUT2D eigenvalue weighted by Gasteiger charge is 2.48. The summed E-state index contributed by atoms with van der Waals surface area (Å²) >= 11 is 0. The summed E-state index contributed by atoms with van der Waals surface area (Å²) in [6.45, 7) is 0. The monoisotopic (exact) mass is 1130 g/mol. The normalized spacial score (nSPS) is 13.6. The number of H-pyrrole nitrogens is 1. The lowest BCUT2D eigenvalue weighted by molar-refractivity contribution is 0.767. The van der Waals surface area contributed by atoms with Crippen LogP contribution in [-0.4, -0.2) is 14.1 Å². The van der Waals surface area contributed by atoms with Crippen LogP contribution >= 0.6 is 0 Å². The molecule has 3 heteroatoms. The van der Waals surface area contributed by atoms with Gasteiger partial charge in [0.15, 0.2) is 0 Å². The maximum atomic E-state index is 3.78. The molecule has 14 aromatic carbocycles. The topological polar surface area (TPSA) is 25.6 Å². The molecule has 0 amide bonds. The van der Waals surface area contributed by atoms with E-state index in [4.69, 9.17) is 0 Å². The molecule has 0 bridgehead atoms. The fraction of sp³-hybridized carbons (Fsp3) is 0.0233. The zero-order valence-corrected chi connectivity index (χ0v) is 48.6. The lowest BCUT2D eigenvalue weighted by Gasteiger charge is -2.34. The number of hydrogen-bond donors (Lipinski definition) is 1. The minimum Gasteiger partial charge on any atom is -0.355 e. The van der Waals surface area contributed by atoms with Crippen LogP contribution in [0.4, 0.5) is 0 Å². The van der Waals surface area contributed by atoms with Gasteiger partial charge in [-0.15, -0.1) is 0 Å². The number of nitrogens with one attached hydrogen (secondary N) is 1. The minimum atomic E-state index is -0.492. The number of nitrogens with zero attached hydrogens (tertiary/aromatic N) is 2. The summed E-state index contributed by atoms with van der Waals surface area (Å²) in [6, 6.07) is 123. The van der Waals surface area contributed by atoms with E-state index in [2.05, 4.69) is 342 Å². The summed E-state index contributed by atoms with van der Waals surface area (Å²) in [4.78, 5) is 3.78. The molecular formula is C86H55N3. The van der Waals surface area contributed by atoms with Gasteiger partial charge in [0.2, 0.25) is 0 Å². The van der Waals surface area contributed by atoms with Gasteiger partial charge in [0.25, 0.3) is 0 Å². The Hall–Kier alpha value is -11.5. The first-order valence-corrected chi connectivity index (χ1v) is 31.0. The molecule has 89 heavy (non-hydrogen) atoms. The molecule has 0 unspecified atom stereocenters. The molecule has 3 aromatic heterocycles. The Morgan fingerprint density at radius 3 is 0.933 bits per heavy atom. The Balaban J connectivity index is 0.712. The molecule has 2 aliphatic rings. The number of para-hydroxylation sites is 2. The fourth-order valence-corrected chi connectivity index (χ4v) is 16.3. The number of hydrogen-bond acceptors (Lipinski definition) is 0. The molecule has 0 aliphatic heterocycles. The predicted molar refractivity (Wildman–Crippen MR) is 370 cm³/mol. The van der Waals surface area contributed by atoms with Crippen LogP contribution in [0.3, 0.4) is 0 Å². The van der Waals surface area contributed by atoms with Crippen molar-refractivity contribution in [3.8, 4) is 55.9 Å². The second kappa shape index (κ2) is 19.0. The van der Waals surface area contributed by atoms with E-state index >= 15 is 0 Å². The molecule has 0 atom stereocenters. The van der Waals surface area contributed by atoms with Gasteiger partial charge in [-0.2, -0.15) is 0 Å². The van der Waals surface area contributed by atoms with Gasteiger partial charge in [-0.1, -0.05) is 243 Å². The molecule has 3 nitrogen and oxygen atoms in total. The smallest absolute Gasteiger partial charge is 0.0714 e. The Labute approximate surface area is 515 Å². The molecule has 0 spiro atoms. The molecule has 0 radical (unpaired) electrons. The quantitative estimate of drug-likeness (QED) is 0.157. The van der Waals surface area contributed by atoms with Crippen molar-refractivity contribution in [3.63, 3.8) is 0 Å². The van der Waals surface area contributed by atoms with E-state index in [1.54, 1.807) is 0 Å². The van der Waals surface area contributed by atoms with Crippen molar-refractivity contribution in [1.82, 2.24) is 14.1 Å². The predicted octanol–water partition coefficient (Wildman–Crippen LogP) is 21.6. The van der Waals surface area contributed by atoms with Crippen LogP contribution in [0.25, 0.3) is 121 Å². The molecule has 0 saturated heterocycles. The van der Waals surface area contributed by atoms with E-state index in [1.165, 1.54) is 143 Å². The zero-order chi connectivity index (χ0) is 58.4. The van der Waals surface area contributed by atoms with Crippen molar-refractivity contribution >= 4 is 65.4 Å². The maximum absolute atomic E-state index is 3.78. The highest BCUT2D eigenvalue weighted by Crippen LogP contribution is 2.59. The van der Waals surface area contributed by atoms with E-state index in [0.717, 1.165) is 22.4 Å². The van der Waals surface area contributed by atoms with Gasteiger partial charge in [-0.25, -0.2) is 0 Å². The van der Waals surface area contributed by atoms with E-state index in [1.807, 2.05) is 0 Å². The van der Waals surface area contributed by atoms with Crippen LogP contribution in [-0.2, 0) is 10.8 Å². The van der Waals surface area contributed by atoms with Gasteiger partial charge < -0.3 is 14.1 Å². The summed E-state index contributed by atoms with van der Waals surface area (Å²) in [5.41, 5.74) is 28.4. The minimum absolute atomic E-state index is 0.492. The highest BCUT2D eigenvalue weighted by atomic mass is 15.0. The van der Waals surface area contributed by atoms with Crippen molar-refractivity contribution in [3.05, 3.63) is 372 Å². The molecule has 17 aromatic rings. The summed E-state index contributed by atoms with van der Waals surface area (Å²) in [6.07, 6.45) is 0. The van der Waals surface area contributed by atoms with Crippen LogP contribution in [0.1, 0.15) is 44.5 Å². The molecule has 3 heterocycles. The first kappa shape index (κ1) is 49.7. The molecule has 0 fully saturated rings. The summed E-state index contributed by atoms with van der Waals surface area (Å²) in [7, 11) is 0. The molecule has 19 rings (SSSR count). The fourth-order valence-electron chi connectivity index (χ4n) is 16.3. The average Bonchev–Trinajstić information content (AvgIpc) is 1.58. The lowest BCUT2D eigenvalue weighted by Crippen LogP contribution is -2.28. The molecule has 0 saturated carbocycles. The van der Waals surface area contributed by atoms with Crippen LogP contribution < -0.4 is 0 Å². The van der Waals surface area contributed by atoms with E-state index in [0.29, 0.717) is 0 Å². The van der Waals surface area contributed by atoms with Crippen LogP contribution in [0.5, 0.6) is 0 Å². The third-order valence-electron chi connectivity index (χ3n) is 20.0. The van der Waals surface area contributed by atoms with Gasteiger partial charge in [0, 0.05) is 54.7 Å². The van der Waals surface area contributed by atoms with E-state index in [9.17, 15) is 0 Å². The molecule has 2 aliphatic carbocycles. The van der Waals surface area contributed by atoms with Crippen molar-refractivity contribution in [2.45, 2.75) is 10.8 Å². The maximum Gasteiger partial charge on any atom is 0.0714 e. The van der Waals surface area contributed by atoms with Crippen molar-refractivity contribution in [2.24, 2.45) is 0 Å². The van der Waals surface area contributed by atoms with Crippen LogP contribution in [0.15, 0.2) is 328 Å². The zero-order valence-electron chi connectivity index (χ0n) is 48.6. The highest BCUT2D eigenvalue weighted by molar-refractivity contribution is 6.14. The van der Waals surface area contributed by atoms with Gasteiger partial charge in [0.1, 0.15) is 0 Å². The number of benzene rings is 14. The molecular weight excluding hydrogens is 1070 g/mol. The van der Waals surface area contributed by atoms with Crippen LogP contribution in [0, 0.1) is 0 Å². The average molecular weight is 1130 g/mol.